The normalized spacial score (nSPS) is 10.7. The summed E-state index contributed by atoms with van der Waals surface area (Å²) in [5.74, 6) is 0.104. The summed E-state index contributed by atoms with van der Waals surface area (Å²) in [6, 6.07) is 19.5. The van der Waals surface area contributed by atoms with E-state index in [2.05, 4.69) is 6.92 Å². The lowest BCUT2D eigenvalue weighted by molar-refractivity contribution is 0.0597. The number of rotatable bonds is 6. The van der Waals surface area contributed by atoms with E-state index in [1.807, 2.05) is 60.7 Å². The number of hydrogen-bond donors (Lipinski definition) is 0. The van der Waals surface area contributed by atoms with Gasteiger partial charge >= 0.3 is 5.97 Å². The largest absolute Gasteiger partial charge is 0.465 e. The second kappa shape index (κ2) is 9.51. The Balaban J connectivity index is 2.28. The number of esters is 1. The third-order valence-corrected chi connectivity index (χ3v) is 5.95. The third-order valence-electron chi connectivity index (χ3n) is 4.46. The van der Waals surface area contributed by atoms with Crippen molar-refractivity contribution in [2.45, 2.75) is 23.1 Å². The van der Waals surface area contributed by atoms with Crippen LogP contribution in [0.3, 0.4) is 0 Å². The molecule has 0 fully saturated rings. The first-order valence-corrected chi connectivity index (χ1v) is 10.6. The number of benzene rings is 3. The zero-order valence-electron chi connectivity index (χ0n) is 15.7. The molecule has 0 amide bonds. The molecule has 0 saturated heterocycles. The Labute approximate surface area is 179 Å². The number of carbonyl (C=O) groups is 1. The van der Waals surface area contributed by atoms with Crippen molar-refractivity contribution in [2.75, 3.05) is 13.0 Å². The van der Waals surface area contributed by atoms with E-state index in [1.54, 1.807) is 11.8 Å². The Kier molecular flexibility index (Phi) is 7.06. The summed E-state index contributed by atoms with van der Waals surface area (Å²) in [5.41, 5.74) is 4.49. The van der Waals surface area contributed by atoms with Crippen molar-refractivity contribution >= 4 is 40.9 Å². The van der Waals surface area contributed by atoms with Crippen molar-refractivity contribution in [2.24, 2.45) is 0 Å². The van der Waals surface area contributed by atoms with Gasteiger partial charge in [-0.15, -0.1) is 11.6 Å². The molecule has 0 aliphatic carbocycles. The Bertz CT molecular complexity index is 970. The van der Waals surface area contributed by atoms with E-state index in [0.29, 0.717) is 22.9 Å². The van der Waals surface area contributed by atoms with Gasteiger partial charge in [0.25, 0.3) is 0 Å². The fraction of sp³-hybridized carbons (Fsp3) is 0.174. The average molecular weight is 431 g/mol. The minimum Gasteiger partial charge on any atom is -0.465 e. The molecule has 0 saturated carbocycles. The van der Waals surface area contributed by atoms with Gasteiger partial charge < -0.3 is 4.74 Å². The molecule has 0 aromatic heterocycles. The number of carbonyl (C=O) groups excluding carboxylic acids is 1. The molecule has 0 heterocycles. The molecule has 0 bridgehead atoms. The van der Waals surface area contributed by atoms with Gasteiger partial charge in [-0.3, -0.25) is 0 Å². The van der Waals surface area contributed by atoms with E-state index in [0.717, 1.165) is 32.0 Å². The number of hydrogen-bond acceptors (Lipinski definition) is 3. The van der Waals surface area contributed by atoms with Gasteiger partial charge in [0.1, 0.15) is 0 Å². The van der Waals surface area contributed by atoms with E-state index in [-0.39, 0.29) is 5.97 Å². The van der Waals surface area contributed by atoms with Crippen LogP contribution in [0.2, 0.25) is 5.02 Å². The van der Waals surface area contributed by atoms with Crippen LogP contribution in [0.25, 0.3) is 11.1 Å². The molecule has 0 aliphatic rings. The second-order valence-corrected chi connectivity index (χ2v) is 8.20. The average Bonchev–Trinajstić information content (AvgIpc) is 2.70. The van der Waals surface area contributed by atoms with Gasteiger partial charge in [0.2, 0.25) is 0 Å². The van der Waals surface area contributed by atoms with Gasteiger partial charge in [-0.05, 0) is 60.4 Å². The van der Waals surface area contributed by atoms with Gasteiger partial charge in [-0.1, -0.05) is 53.7 Å². The number of ether oxygens (including phenoxy) is 1. The van der Waals surface area contributed by atoms with Gasteiger partial charge in [0.05, 0.1) is 12.7 Å². The predicted octanol–water partition coefficient (Wildman–Crippen LogP) is 7.03. The summed E-state index contributed by atoms with van der Waals surface area (Å²) in [5, 5.41) is 0.647. The summed E-state index contributed by atoms with van der Waals surface area (Å²) < 4.78 is 5.16. The fourth-order valence-electron chi connectivity index (χ4n) is 3.18. The van der Waals surface area contributed by atoms with Gasteiger partial charge in [0, 0.05) is 26.3 Å². The molecule has 3 aromatic rings. The first kappa shape index (κ1) is 20.8. The maximum Gasteiger partial charge on any atom is 0.339 e. The number of halogens is 2. The molecule has 0 aliphatic heterocycles. The smallest absolute Gasteiger partial charge is 0.339 e. The van der Waals surface area contributed by atoms with Crippen LogP contribution in [0.1, 0.15) is 21.5 Å². The van der Waals surface area contributed by atoms with Crippen LogP contribution >= 0.6 is 35.0 Å². The van der Waals surface area contributed by atoms with E-state index >= 15 is 0 Å². The van der Waals surface area contributed by atoms with Crippen molar-refractivity contribution in [3.05, 3.63) is 82.4 Å². The lowest BCUT2D eigenvalue weighted by Gasteiger charge is -2.20. The standard InChI is InChI=1S/C23H20Cl2O2S/c1-15-14-20(28-18-6-4-3-5-7-18)22(23(26)27-2)21(19(15)12-13-24)16-8-10-17(25)11-9-16/h3-11,14H,12-13H2,1-2H3. The monoisotopic (exact) mass is 430 g/mol. The zero-order chi connectivity index (χ0) is 20.1. The second-order valence-electron chi connectivity index (χ2n) is 6.27. The van der Waals surface area contributed by atoms with Crippen molar-refractivity contribution < 1.29 is 9.53 Å². The molecule has 0 unspecified atom stereocenters. The van der Waals surface area contributed by atoms with Crippen molar-refractivity contribution in [1.82, 2.24) is 0 Å². The molecule has 0 atom stereocenters. The first-order valence-electron chi connectivity index (χ1n) is 8.84. The Morgan fingerprint density at radius 3 is 2.36 bits per heavy atom. The summed E-state index contributed by atoms with van der Waals surface area (Å²) in [7, 11) is 1.41. The molecule has 2 nitrogen and oxygen atoms in total. The van der Waals surface area contributed by atoms with Crippen LogP contribution in [-0.4, -0.2) is 19.0 Å². The topological polar surface area (TPSA) is 26.3 Å². The van der Waals surface area contributed by atoms with E-state index in [9.17, 15) is 4.79 Å². The number of alkyl halides is 1. The Morgan fingerprint density at radius 1 is 1.07 bits per heavy atom. The summed E-state index contributed by atoms with van der Waals surface area (Å²) in [6.45, 7) is 2.05. The molecular weight excluding hydrogens is 411 g/mol. The summed E-state index contributed by atoms with van der Waals surface area (Å²) in [6.07, 6.45) is 0.658. The highest BCUT2D eigenvalue weighted by molar-refractivity contribution is 7.99. The lowest BCUT2D eigenvalue weighted by atomic mass is 9.89. The fourth-order valence-corrected chi connectivity index (χ4v) is 4.56. The van der Waals surface area contributed by atoms with E-state index in [1.165, 1.54) is 7.11 Å². The molecule has 28 heavy (non-hydrogen) atoms. The van der Waals surface area contributed by atoms with Crippen LogP contribution in [0.5, 0.6) is 0 Å². The molecule has 0 spiro atoms. The molecule has 144 valence electrons. The van der Waals surface area contributed by atoms with Crippen LogP contribution < -0.4 is 0 Å². The molecule has 0 radical (unpaired) electrons. The minimum atomic E-state index is -0.362. The summed E-state index contributed by atoms with van der Waals surface area (Å²) in [4.78, 5) is 14.8. The molecular formula is C23H20Cl2O2S. The molecule has 5 heteroatoms. The highest BCUT2D eigenvalue weighted by Gasteiger charge is 2.24. The van der Waals surface area contributed by atoms with E-state index in [4.69, 9.17) is 27.9 Å². The molecule has 0 N–H and O–H groups in total. The number of methoxy groups -OCH3 is 1. The third kappa shape index (κ3) is 4.54. The van der Waals surface area contributed by atoms with Gasteiger partial charge in [-0.2, -0.15) is 0 Å². The maximum absolute atomic E-state index is 12.9. The van der Waals surface area contributed by atoms with Crippen LogP contribution in [0.15, 0.2) is 70.5 Å². The lowest BCUT2D eigenvalue weighted by Crippen LogP contribution is -2.10. The molecule has 3 rings (SSSR count). The number of aryl methyl sites for hydroxylation is 1. The molecule has 3 aromatic carbocycles. The van der Waals surface area contributed by atoms with Gasteiger partial charge in [0.15, 0.2) is 0 Å². The van der Waals surface area contributed by atoms with Crippen LogP contribution in [-0.2, 0) is 11.2 Å². The van der Waals surface area contributed by atoms with Crippen molar-refractivity contribution in [3.63, 3.8) is 0 Å². The van der Waals surface area contributed by atoms with E-state index < -0.39 is 0 Å². The van der Waals surface area contributed by atoms with Crippen LogP contribution in [0, 0.1) is 6.92 Å². The highest BCUT2D eigenvalue weighted by atomic mass is 35.5. The van der Waals surface area contributed by atoms with Crippen LogP contribution in [0.4, 0.5) is 0 Å². The predicted molar refractivity (Wildman–Crippen MR) is 118 cm³/mol. The minimum absolute atomic E-state index is 0.362. The quantitative estimate of drug-likeness (QED) is 0.309. The SMILES string of the molecule is COC(=O)c1c(Sc2ccccc2)cc(C)c(CCCl)c1-c1ccc(Cl)cc1. The van der Waals surface area contributed by atoms with Crippen molar-refractivity contribution in [3.8, 4) is 11.1 Å². The maximum atomic E-state index is 12.9. The zero-order valence-corrected chi connectivity index (χ0v) is 18.0. The highest BCUT2D eigenvalue weighted by Crippen LogP contribution is 2.40. The summed E-state index contributed by atoms with van der Waals surface area (Å²) >= 11 is 13.7. The Hall–Kier alpha value is -1.94. The first-order chi connectivity index (χ1) is 13.5. The van der Waals surface area contributed by atoms with Gasteiger partial charge in [-0.25, -0.2) is 4.79 Å². The van der Waals surface area contributed by atoms with Crippen molar-refractivity contribution in [1.29, 1.82) is 0 Å². The Morgan fingerprint density at radius 2 is 1.75 bits per heavy atom.